The fraction of sp³-hybridized carbons (Fsp3) is 1.00. The zero-order valence-electron chi connectivity index (χ0n) is 6.81. The van der Waals surface area contributed by atoms with Crippen LogP contribution < -0.4 is 0 Å². The fourth-order valence-corrected chi connectivity index (χ4v) is 1.59. The van der Waals surface area contributed by atoms with Crippen molar-refractivity contribution in [3.8, 4) is 0 Å². The first-order valence-corrected chi connectivity index (χ1v) is 5.19. The molecule has 0 aromatic heterocycles. The van der Waals surface area contributed by atoms with Gasteiger partial charge in [-0.25, -0.2) is 0 Å². The molecule has 0 aliphatic rings. The maximum Gasteiger partial charge on any atom is -0.00678 e. The summed E-state index contributed by atoms with van der Waals surface area (Å²) in [5.74, 6) is 2.28. The molecule has 0 aromatic rings. The molecule has 0 aromatic carbocycles. The first-order valence-electron chi connectivity index (χ1n) is 3.80. The van der Waals surface area contributed by atoms with Gasteiger partial charge < -0.3 is 0 Å². The predicted octanol–water partition coefficient (Wildman–Crippen LogP) is 3.18. The number of hydrogen-bond donors (Lipinski definition) is 0. The summed E-state index contributed by atoms with van der Waals surface area (Å²) in [6.07, 6.45) is 6.32. The molecule has 1 atom stereocenters. The molecule has 0 saturated carbocycles. The molecule has 1 heteroatoms. The highest BCUT2D eigenvalue weighted by Crippen LogP contribution is 2.11. The summed E-state index contributed by atoms with van der Waals surface area (Å²) in [4.78, 5) is 0. The van der Waals surface area contributed by atoms with Gasteiger partial charge in [0.25, 0.3) is 0 Å². The van der Waals surface area contributed by atoms with E-state index in [0.717, 1.165) is 5.92 Å². The SMILES string of the molecule is CCCC(C)CCSC. The van der Waals surface area contributed by atoms with Crippen LogP contribution in [0.2, 0.25) is 0 Å². The normalized spacial score (nSPS) is 13.7. The van der Waals surface area contributed by atoms with E-state index >= 15 is 0 Å². The van der Waals surface area contributed by atoms with Crippen LogP contribution in [0.4, 0.5) is 0 Å². The lowest BCUT2D eigenvalue weighted by atomic mass is 10.0. The number of rotatable bonds is 5. The first kappa shape index (κ1) is 9.35. The minimum atomic E-state index is 0.947. The van der Waals surface area contributed by atoms with Crippen molar-refractivity contribution >= 4 is 11.8 Å². The van der Waals surface area contributed by atoms with Crippen molar-refractivity contribution < 1.29 is 0 Å². The van der Waals surface area contributed by atoms with E-state index < -0.39 is 0 Å². The minimum absolute atomic E-state index is 0.947. The fourth-order valence-electron chi connectivity index (χ4n) is 0.956. The third-order valence-electron chi connectivity index (χ3n) is 1.60. The molecule has 0 nitrogen and oxygen atoms in total. The predicted molar refractivity (Wildman–Crippen MR) is 47.1 cm³/mol. The Hall–Kier alpha value is 0.350. The van der Waals surface area contributed by atoms with E-state index in [2.05, 4.69) is 20.1 Å². The third-order valence-corrected chi connectivity index (χ3v) is 2.24. The Morgan fingerprint density at radius 3 is 2.44 bits per heavy atom. The Balaban J connectivity index is 2.95. The summed E-state index contributed by atoms with van der Waals surface area (Å²) in [6.45, 7) is 4.61. The van der Waals surface area contributed by atoms with Crippen molar-refractivity contribution in [2.45, 2.75) is 33.1 Å². The van der Waals surface area contributed by atoms with Gasteiger partial charge in [0, 0.05) is 0 Å². The van der Waals surface area contributed by atoms with Gasteiger partial charge in [0.05, 0.1) is 0 Å². The summed E-state index contributed by atoms with van der Waals surface area (Å²) in [7, 11) is 0. The Labute approximate surface area is 63.4 Å². The van der Waals surface area contributed by atoms with Gasteiger partial charge in [0.15, 0.2) is 0 Å². The quantitative estimate of drug-likeness (QED) is 0.574. The molecule has 0 spiro atoms. The summed E-state index contributed by atoms with van der Waals surface area (Å²) in [5.41, 5.74) is 0. The molecule has 0 rings (SSSR count). The molecular formula is C8H18S. The van der Waals surface area contributed by atoms with E-state index in [1.807, 2.05) is 11.8 Å². The lowest BCUT2D eigenvalue weighted by Crippen LogP contribution is -1.94. The summed E-state index contributed by atoms with van der Waals surface area (Å²) in [6, 6.07) is 0. The number of hydrogen-bond acceptors (Lipinski definition) is 1. The van der Waals surface area contributed by atoms with Crippen molar-refractivity contribution in [1.82, 2.24) is 0 Å². The molecule has 1 unspecified atom stereocenters. The van der Waals surface area contributed by atoms with Gasteiger partial charge >= 0.3 is 0 Å². The van der Waals surface area contributed by atoms with Crippen LogP contribution in [-0.2, 0) is 0 Å². The van der Waals surface area contributed by atoms with Gasteiger partial charge in [-0.15, -0.1) is 0 Å². The average Bonchev–Trinajstić information content (AvgIpc) is 1.85. The van der Waals surface area contributed by atoms with Gasteiger partial charge in [0.2, 0.25) is 0 Å². The highest BCUT2D eigenvalue weighted by molar-refractivity contribution is 7.98. The van der Waals surface area contributed by atoms with E-state index in [0.29, 0.717) is 0 Å². The zero-order valence-corrected chi connectivity index (χ0v) is 7.63. The summed E-state index contributed by atoms with van der Waals surface area (Å²) >= 11 is 1.96. The van der Waals surface area contributed by atoms with E-state index in [9.17, 15) is 0 Å². The second-order valence-corrected chi connectivity index (χ2v) is 3.66. The van der Waals surface area contributed by atoms with Crippen LogP contribution in [0, 0.1) is 5.92 Å². The molecule has 0 bridgehead atoms. The number of thioether (sulfide) groups is 1. The standard InChI is InChI=1S/C8H18S/c1-4-5-8(2)6-7-9-3/h8H,4-7H2,1-3H3. The van der Waals surface area contributed by atoms with Crippen molar-refractivity contribution in [1.29, 1.82) is 0 Å². The molecule has 0 N–H and O–H groups in total. The maximum absolute atomic E-state index is 2.35. The average molecular weight is 146 g/mol. The van der Waals surface area contributed by atoms with Gasteiger partial charge in [0.1, 0.15) is 0 Å². The Morgan fingerprint density at radius 2 is 2.00 bits per heavy atom. The molecule has 0 radical (unpaired) electrons. The minimum Gasteiger partial charge on any atom is -0.165 e. The van der Waals surface area contributed by atoms with Crippen molar-refractivity contribution in [2.24, 2.45) is 5.92 Å². The van der Waals surface area contributed by atoms with Gasteiger partial charge in [-0.3, -0.25) is 0 Å². The van der Waals surface area contributed by atoms with Gasteiger partial charge in [-0.05, 0) is 24.3 Å². The molecule has 0 heterocycles. The van der Waals surface area contributed by atoms with Crippen LogP contribution in [0.5, 0.6) is 0 Å². The molecular weight excluding hydrogens is 128 g/mol. The largest absolute Gasteiger partial charge is 0.165 e. The Kier molecular flexibility index (Phi) is 6.72. The van der Waals surface area contributed by atoms with Gasteiger partial charge in [-0.1, -0.05) is 26.7 Å². The second kappa shape index (κ2) is 6.47. The summed E-state index contributed by atoms with van der Waals surface area (Å²) < 4.78 is 0. The molecule has 9 heavy (non-hydrogen) atoms. The van der Waals surface area contributed by atoms with E-state index in [1.165, 1.54) is 25.0 Å². The maximum atomic E-state index is 2.35. The third kappa shape index (κ3) is 6.23. The highest BCUT2D eigenvalue weighted by atomic mass is 32.2. The Morgan fingerprint density at radius 1 is 1.33 bits per heavy atom. The van der Waals surface area contributed by atoms with Crippen molar-refractivity contribution in [3.05, 3.63) is 0 Å². The van der Waals surface area contributed by atoms with Crippen LogP contribution in [-0.4, -0.2) is 12.0 Å². The van der Waals surface area contributed by atoms with E-state index in [1.54, 1.807) is 0 Å². The molecule has 0 fully saturated rings. The van der Waals surface area contributed by atoms with Gasteiger partial charge in [-0.2, -0.15) is 11.8 Å². The molecule has 0 aliphatic carbocycles. The topological polar surface area (TPSA) is 0 Å². The monoisotopic (exact) mass is 146 g/mol. The van der Waals surface area contributed by atoms with E-state index in [4.69, 9.17) is 0 Å². The molecule has 0 saturated heterocycles. The first-order chi connectivity index (χ1) is 4.31. The van der Waals surface area contributed by atoms with Crippen LogP contribution >= 0.6 is 11.8 Å². The van der Waals surface area contributed by atoms with Crippen LogP contribution in [0.1, 0.15) is 33.1 Å². The Bertz CT molecular complexity index is 52.5. The van der Waals surface area contributed by atoms with E-state index in [-0.39, 0.29) is 0 Å². The molecule has 0 amide bonds. The summed E-state index contributed by atoms with van der Waals surface area (Å²) in [5, 5.41) is 0. The van der Waals surface area contributed by atoms with Crippen molar-refractivity contribution in [3.63, 3.8) is 0 Å². The van der Waals surface area contributed by atoms with Crippen LogP contribution in [0.3, 0.4) is 0 Å². The lowest BCUT2D eigenvalue weighted by molar-refractivity contribution is 0.513. The van der Waals surface area contributed by atoms with Crippen molar-refractivity contribution in [2.75, 3.05) is 12.0 Å². The van der Waals surface area contributed by atoms with Crippen LogP contribution in [0.15, 0.2) is 0 Å². The van der Waals surface area contributed by atoms with Crippen LogP contribution in [0.25, 0.3) is 0 Å². The second-order valence-electron chi connectivity index (χ2n) is 2.68. The molecule has 0 aliphatic heterocycles. The molecule has 56 valence electrons. The lowest BCUT2D eigenvalue weighted by Gasteiger charge is -2.06. The smallest absolute Gasteiger partial charge is 0.00678 e. The zero-order chi connectivity index (χ0) is 7.11. The highest BCUT2D eigenvalue weighted by Gasteiger charge is 1.97.